The second-order valence-corrected chi connectivity index (χ2v) is 5.33. The average molecular weight is 290 g/mol. The van der Waals surface area contributed by atoms with Crippen LogP contribution in [-0.2, 0) is 6.54 Å². The van der Waals surface area contributed by atoms with Crippen LogP contribution in [0.15, 0.2) is 28.7 Å². The summed E-state index contributed by atoms with van der Waals surface area (Å²) < 4.78 is 18.6. The molecule has 0 bridgehead atoms. The van der Waals surface area contributed by atoms with E-state index >= 15 is 0 Å². The highest BCUT2D eigenvalue weighted by molar-refractivity contribution is 5.51. The number of nitrogens with zero attached hydrogens (tertiary/aromatic N) is 3. The zero-order valence-corrected chi connectivity index (χ0v) is 12.1. The predicted octanol–water partition coefficient (Wildman–Crippen LogP) is 2.06. The van der Waals surface area contributed by atoms with E-state index in [1.54, 1.807) is 12.1 Å². The van der Waals surface area contributed by atoms with Gasteiger partial charge in [-0.2, -0.15) is 0 Å². The standard InChI is InChI=1S/C15H19FN4O/c1-17-9-13-3-2-8-20(13)10-14-18-19-15(21-14)11-4-6-12(16)7-5-11/h4-7,13,17H,2-3,8-10H2,1H3. The fourth-order valence-electron chi connectivity index (χ4n) is 2.77. The van der Waals surface area contributed by atoms with Crippen molar-refractivity contribution in [3.05, 3.63) is 36.0 Å². The molecule has 1 saturated heterocycles. The van der Waals surface area contributed by atoms with Crippen LogP contribution < -0.4 is 5.32 Å². The van der Waals surface area contributed by atoms with Crippen molar-refractivity contribution in [2.24, 2.45) is 0 Å². The number of benzene rings is 1. The Bertz CT molecular complexity index is 584. The van der Waals surface area contributed by atoms with Crippen molar-refractivity contribution in [1.29, 1.82) is 0 Å². The molecule has 1 aromatic carbocycles. The Morgan fingerprint density at radius 2 is 2.14 bits per heavy atom. The van der Waals surface area contributed by atoms with Crippen LogP contribution in [0.4, 0.5) is 4.39 Å². The molecule has 21 heavy (non-hydrogen) atoms. The van der Waals surface area contributed by atoms with Gasteiger partial charge < -0.3 is 9.73 Å². The molecule has 0 spiro atoms. The molecule has 5 nitrogen and oxygen atoms in total. The SMILES string of the molecule is CNCC1CCCN1Cc1nnc(-c2ccc(F)cc2)o1. The van der Waals surface area contributed by atoms with Gasteiger partial charge in [-0.15, -0.1) is 10.2 Å². The first kappa shape index (κ1) is 14.2. The van der Waals surface area contributed by atoms with E-state index in [0.717, 1.165) is 18.7 Å². The zero-order valence-electron chi connectivity index (χ0n) is 12.1. The normalized spacial score (nSPS) is 19.2. The molecule has 1 atom stereocenters. The number of hydrogen-bond donors (Lipinski definition) is 1. The van der Waals surface area contributed by atoms with E-state index in [2.05, 4.69) is 20.4 Å². The number of halogens is 1. The fourth-order valence-corrected chi connectivity index (χ4v) is 2.77. The van der Waals surface area contributed by atoms with Gasteiger partial charge in [-0.1, -0.05) is 0 Å². The summed E-state index contributed by atoms with van der Waals surface area (Å²) in [5, 5.41) is 11.4. The van der Waals surface area contributed by atoms with Gasteiger partial charge in [0.15, 0.2) is 0 Å². The van der Waals surface area contributed by atoms with Crippen LogP contribution in [0.1, 0.15) is 18.7 Å². The molecule has 112 valence electrons. The Balaban J connectivity index is 1.69. The summed E-state index contributed by atoms with van der Waals surface area (Å²) in [6.07, 6.45) is 2.39. The minimum absolute atomic E-state index is 0.273. The minimum atomic E-state index is -0.273. The van der Waals surface area contributed by atoms with E-state index in [1.807, 2.05) is 7.05 Å². The molecular formula is C15H19FN4O. The molecule has 2 heterocycles. The lowest BCUT2D eigenvalue weighted by Crippen LogP contribution is -2.36. The van der Waals surface area contributed by atoms with Gasteiger partial charge in [0.25, 0.3) is 0 Å². The molecule has 2 aromatic rings. The fraction of sp³-hybridized carbons (Fsp3) is 0.467. The highest BCUT2D eigenvalue weighted by atomic mass is 19.1. The first-order valence-corrected chi connectivity index (χ1v) is 7.23. The van der Waals surface area contributed by atoms with Gasteiger partial charge in [-0.25, -0.2) is 4.39 Å². The third kappa shape index (κ3) is 3.28. The summed E-state index contributed by atoms with van der Waals surface area (Å²) in [6.45, 7) is 2.69. The zero-order chi connectivity index (χ0) is 14.7. The van der Waals surface area contributed by atoms with E-state index in [4.69, 9.17) is 4.42 Å². The van der Waals surface area contributed by atoms with E-state index in [0.29, 0.717) is 24.4 Å². The Morgan fingerprint density at radius 1 is 1.33 bits per heavy atom. The lowest BCUT2D eigenvalue weighted by atomic mass is 10.2. The number of aromatic nitrogens is 2. The number of hydrogen-bond acceptors (Lipinski definition) is 5. The molecule has 6 heteroatoms. The van der Waals surface area contributed by atoms with Gasteiger partial charge in [0.2, 0.25) is 11.8 Å². The molecule has 0 saturated carbocycles. The van der Waals surface area contributed by atoms with Crippen molar-refractivity contribution in [2.75, 3.05) is 20.1 Å². The molecule has 0 radical (unpaired) electrons. The van der Waals surface area contributed by atoms with E-state index < -0.39 is 0 Å². The molecule has 1 fully saturated rings. The highest BCUT2D eigenvalue weighted by Gasteiger charge is 2.25. The Kier molecular flexibility index (Phi) is 4.26. The van der Waals surface area contributed by atoms with Crippen molar-refractivity contribution in [1.82, 2.24) is 20.4 Å². The Hall–Kier alpha value is -1.79. The first-order valence-electron chi connectivity index (χ1n) is 7.23. The minimum Gasteiger partial charge on any atom is -0.419 e. The summed E-state index contributed by atoms with van der Waals surface area (Å²) in [5.74, 6) is 0.775. The third-order valence-corrected chi connectivity index (χ3v) is 3.84. The Morgan fingerprint density at radius 3 is 2.90 bits per heavy atom. The molecule has 0 aliphatic carbocycles. The maximum Gasteiger partial charge on any atom is 0.247 e. The third-order valence-electron chi connectivity index (χ3n) is 3.84. The average Bonchev–Trinajstić information content (AvgIpc) is 3.11. The molecule has 1 aliphatic heterocycles. The van der Waals surface area contributed by atoms with Crippen molar-refractivity contribution >= 4 is 0 Å². The van der Waals surface area contributed by atoms with Crippen molar-refractivity contribution in [3.63, 3.8) is 0 Å². The summed E-state index contributed by atoms with van der Waals surface area (Å²) in [7, 11) is 1.97. The maximum absolute atomic E-state index is 12.9. The Labute approximate surface area is 123 Å². The van der Waals surface area contributed by atoms with Crippen LogP contribution in [0.3, 0.4) is 0 Å². The summed E-state index contributed by atoms with van der Waals surface area (Å²) in [6, 6.07) is 6.60. The van der Waals surface area contributed by atoms with Gasteiger partial charge in [-0.05, 0) is 50.7 Å². The van der Waals surface area contributed by atoms with Crippen LogP contribution in [0.2, 0.25) is 0 Å². The summed E-state index contributed by atoms with van der Waals surface area (Å²) in [4.78, 5) is 2.36. The van der Waals surface area contributed by atoms with E-state index in [9.17, 15) is 4.39 Å². The predicted molar refractivity (Wildman–Crippen MR) is 77.1 cm³/mol. The van der Waals surface area contributed by atoms with Crippen LogP contribution in [0, 0.1) is 5.82 Å². The van der Waals surface area contributed by atoms with Crippen LogP contribution in [-0.4, -0.2) is 41.3 Å². The molecular weight excluding hydrogens is 271 g/mol. The van der Waals surface area contributed by atoms with Gasteiger partial charge in [0, 0.05) is 18.2 Å². The van der Waals surface area contributed by atoms with Gasteiger partial charge >= 0.3 is 0 Å². The second-order valence-electron chi connectivity index (χ2n) is 5.33. The van der Waals surface area contributed by atoms with E-state index in [1.165, 1.54) is 25.0 Å². The van der Waals surface area contributed by atoms with Crippen LogP contribution in [0.5, 0.6) is 0 Å². The molecule has 0 amide bonds. The topological polar surface area (TPSA) is 54.2 Å². The van der Waals surface area contributed by atoms with Gasteiger partial charge in [0.1, 0.15) is 5.82 Å². The maximum atomic E-state index is 12.9. The summed E-state index contributed by atoms with van der Waals surface area (Å²) >= 11 is 0. The number of likely N-dealkylation sites (N-methyl/N-ethyl adjacent to an activating group) is 1. The molecule has 1 unspecified atom stereocenters. The van der Waals surface area contributed by atoms with Crippen LogP contribution in [0.25, 0.3) is 11.5 Å². The van der Waals surface area contributed by atoms with Gasteiger partial charge in [0.05, 0.1) is 6.54 Å². The number of nitrogens with one attached hydrogen (secondary N) is 1. The quantitative estimate of drug-likeness (QED) is 0.913. The first-order chi connectivity index (χ1) is 10.3. The number of rotatable bonds is 5. The molecule has 1 aliphatic rings. The van der Waals surface area contributed by atoms with Crippen molar-refractivity contribution in [3.8, 4) is 11.5 Å². The van der Waals surface area contributed by atoms with Crippen LogP contribution >= 0.6 is 0 Å². The van der Waals surface area contributed by atoms with Gasteiger partial charge in [-0.3, -0.25) is 4.90 Å². The lowest BCUT2D eigenvalue weighted by Gasteiger charge is -2.22. The molecule has 1 aromatic heterocycles. The summed E-state index contributed by atoms with van der Waals surface area (Å²) in [5.41, 5.74) is 0.739. The lowest BCUT2D eigenvalue weighted by molar-refractivity contribution is 0.220. The monoisotopic (exact) mass is 290 g/mol. The van der Waals surface area contributed by atoms with Crippen molar-refractivity contribution < 1.29 is 8.81 Å². The van der Waals surface area contributed by atoms with Crippen molar-refractivity contribution in [2.45, 2.75) is 25.4 Å². The molecule has 1 N–H and O–H groups in total. The largest absolute Gasteiger partial charge is 0.419 e. The second kappa shape index (κ2) is 6.32. The molecule has 3 rings (SSSR count). The number of likely N-dealkylation sites (tertiary alicyclic amines) is 1. The highest BCUT2D eigenvalue weighted by Crippen LogP contribution is 2.22. The van der Waals surface area contributed by atoms with E-state index in [-0.39, 0.29) is 5.82 Å². The smallest absolute Gasteiger partial charge is 0.247 e.